The minimum Gasteiger partial charge on any atom is -0.323 e. The Morgan fingerprint density at radius 1 is 1.00 bits per heavy atom. The second-order valence-corrected chi connectivity index (χ2v) is 6.94. The van der Waals surface area contributed by atoms with Crippen LogP contribution in [-0.2, 0) is 9.59 Å². The van der Waals surface area contributed by atoms with Crippen LogP contribution in [0.15, 0.2) is 54.6 Å². The van der Waals surface area contributed by atoms with E-state index in [9.17, 15) is 9.59 Å². The average Bonchev–Trinajstić information content (AvgIpc) is 3.21. The predicted octanol–water partition coefficient (Wildman–Crippen LogP) is 3.68. The zero-order valence-electron chi connectivity index (χ0n) is 14.9. The molecule has 0 spiro atoms. The van der Waals surface area contributed by atoms with Crippen molar-refractivity contribution in [3.63, 3.8) is 0 Å². The number of aromatic amines is 1. The molecule has 0 aliphatic carbocycles. The second-order valence-electron chi connectivity index (χ2n) is 6.54. The molecule has 142 valence electrons. The van der Waals surface area contributed by atoms with Crippen LogP contribution in [0.3, 0.4) is 0 Å². The first kappa shape index (κ1) is 17.3. The van der Waals surface area contributed by atoms with E-state index >= 15 is 0 Å². The van der Waals surface area contributed by atoms with Gasteiger partial charge in [-0.3, -0.25) is 14.5 Å². The molecule has 9 heteroatoms. The summed E-state index contributed by atoms with van der Waals surface area (Å²) in [4.78, 5) is 26.9. The fraction of sp³-hybridized carbons (Fsp3) is 0.0500. The minimum absolute atomic E-state index is 0.300. The van der Waals surface area contributed by atoms with Gasteiger partial charge in [0.05, 0.1) is 22.1 Å². The minimum atomic E-state index is -0.385. The van der Waals surface area contributed by atoms with Crippen LogP contribution in [0.5, 0.6) is 0 Å². The maximum atomic E-state index is 13.0. The van der Waals surface area contributed by atoms with E-state index in [4.69, 9.17) is 11.6 Å². The van der Waals surface area contributed by atoms with Crippen molar-refractivity contribution >= 4 is 51.2 Å². The number of aromatic nitrogens is 4. The molecule has 2 heterocycles. The fourth-order valence-electron chi connectivity index (χ4n) is 3.48. The summed E-state index contributed by atoms with van der Waals surface area (Å²) >= 11 is 6.47. The van der Waals surface area contributed by atoms with E-state index in [1.807, 2.05) is 30.3 Å². The molecule has 2 N–H and O–H groups in total. The SMILES string of the molecule is O=C1CC(=O)N(c2cc(-c3nn[nH]n3)ccc2Cl)c2ccc3ccccc3c2N1. The quantitative estimate of drug-likeness (QED) is 0.496. The van der Waals surface area contributed by atoms with E-state index in [-0.39, 0.29) is 18.2 Å². The van der Waals surface area contributed by atoms with E-state index in [0.29, 0.717) is 33.5 Å². The molecule has 0 atom stereocenters. The Morgan fingerprint density at radius 3 is 2.69 bits per heavy atom. The molecule has 4 aromatic rings. The highest BCUT2D eigenvalue weighted by Gasteiger charge is 2.30. The molecule has 2 amide bonds. The van der Waals surface area contributed by atoms with Gasteiger partial charge >= 0.3 is 0 Å². The number of fused-ring (bicyclic) bond motifs is 3. The fourth-order valence-corrected chi connectivity index (χ4v) is 3.69. The molecule has 0 fully saturated rings. The van der Waals surface area contributed by atoms with Gasteiger partial charge in [0.2, 0.25) is 17.6 Å². The molecule has 1 aromatic heterocycles. The number of carbonyl (C=O) groups excluding carboxylic acids is 2. The molecule has 0 unspecified atom stereocenters. The largest absolute Gasteiger partial charge is 0.323 e. The summed E-state index contributed by atoms with van der Waals surface area (Å²) in [5.74, 6) is -0.387. The first-order valence-electron chi connectivity index (χ1n) is 8.80. The van der Waals surface area contributed by atoms with Crippen molar-refractivity contribution in [3.8, 4) is 11.4 Å². The normalized spacial score (nSPS) is 13.9. The molecule has 8 nitrogen and oxygen atoms in total. The van der Waals surface area contributed by atoms with Crippen molar-refractivity contribution in [1.29, 1.82) is 0 Å². The molecule has 1 aliphatic heterocycles. The van der Waals surface area contributed by atoms with Crippen LogP contribution in [-0.4, -0.2) is 32.4 Å². The maximum Gasteiger partial charge on any atom is 0.241 e. The van der Waals surface area contributed by atoms with Gasteiger partial charge in [0.1, 0.15) is 6.42 Å². The second kappa shape index (κ2) is 6.68. The number of anilines is 3. The zero-order valence-corrected chi connectivity index (χ0v) is 15.6. The van der Waals surface area contributed by atoms with Crippen LogP contribution in [0.1, 0.15) is 6.42 Å². The monoisotopic (exact) mass is 404 g/mol. The van der Waals surface area contributed by atoms with Gasteiger partial charge in [-0.05, 0) is 34.9 Å². The highest BCUT2D eigenvalue weighted by atomic mass is 35.5. The molecule has 29 heavy (non-hydrogen) atoms. The lowest BCUT2D eigenvalue weighted by Gasteiger charge is -2.24. The smallest absolute Gasteiger partial charge is 0.241 e. The Bertz CT molecular complexity index is 1270. The van der Waals surface area contributed by atoms with Gasteiger partial charge < -0.3 is 5.32 Å². The molecular weight excluding hydrogens is 392 g/mol. The Kier molecular flexibility index (Phi) is 3.99. The first-order chi connectivity index (χ1) is 14.1. The van der Waals surface area contributed by atoms with Crippen molar-refractivity contribution in [2.75, 3.05) is 10.2 Å². The third-order valence-electron chi connectivity index (χ3n) is 4.76. The van der Waals surface area contributed by atoms with Gasteiger partial charge in [-0.15, -0.1) is 10.2 Å². The van der Waals surface area contributed by atoms with Gasteiger partial charge in [-0.25, -0.2) is 0 Å². The average molecular weight is 405 g/mol. The maximum absolute atomic E-state index is 13.0. The Hall–Kier alpha value is -3.78. The summed E-state index contributed by atoms with van der Waals surface area (Å²) in [6, 6.07) is 16.5. The van der Waals surface area contributed by atoms with E-state index < -0.39 is 0 Å². The third-order valence-corrected chi connectivity index (χ3v) is 5.08. The van der Waals surface area contributed by atoms with Gasteiger partial charge in [-0.2, -0.15) is 5.21 Å². The molecule has 3 aromatic carbocycles. The van der Waals surface area contributed by atoms with E-state index in [1.54, 1.807) is 24.3 Å². The molecule has 0 saturated carbocycles. The van der Waals surface area contributed by atoms with Crippen molar-refractivity contribution in [2.45, 2.75) is 6.42 Å². The third kappa shape index (κ3) is 2.90. The number of carbonyl (C=O) groups is 2. The van der Waals surface area contributed by atoms with Crippen LogP contribution in [0, 0.1) is 0 Å². The lowest BCUT2D eigenvalue weighted by molar-refractivity contribution is -0.124. The standard InChI is InChI=1S/C20H13ClN6O2/c21-14-7-5-12(20-23-25-26-24-20)9-16(14)27-15-8-6-11-3-1-2-4-13(11)19(15)22-17(28)10-18(27)29/h1-9H,10H2,(H,22,28)(H,23,24,25,26). The summed E-state index contributed by atoms with van der Waals surface area (Å²) in [5.41, 5.74) is 2.19. The Balaban J connectivity index is 1.75. The van der Waals surface area contributed by atoms with Crippen molar-refractivity contribution < 1.29 is 9.59 Å². The predicted molar refractivity (Wildman–Crippen MR) is 109 cm³/mol. The van der Waals surface area contributed by atoms with Crippen LogP contribution in [0.4, 0.5) is 17.1 Å². The van der Waals surface area contributed by atoms with E-state index in [1.165, 1.54) is 4.90 Å². The summed E-state index contributed by atoms with van der Waals surface area (Å²) < 4.78 is 0. The topological polar surface area (TPSA) is 104 Å². The summed E-state index contributed by atoms with van der Waals surface area (Å²) in [5, 5.41) is 18.9. The molecule has 5 rings (SSSR count). The number of H-pyrrole nitrogens is 1. The number of benzene rings is 3. The van der Waals surface area contributed by atoms with Gasteiger partial charge in [0, 0.05) is 10.9 Å². The summed E-state index contributed by atoms with van der Waals surface area (Å²) in [6.45, 7) is 0. The number of tetrazole rings is 1. The highest BCUT2D eigenvalue weighted by Crippen LogP contribution is 2.42. The Morgan fingerprint density at radius 2 is 1.86 bits per heavy atom. The Labute approximate surface area is 169 Å². The first-order valence-corrected chi connectivity index (χ1v) is 9.17. The molecule has 0 radical (unpaired) electrons. The lowest BCUT2D eigenvalue weighted by Crippen LogP contribution is -2.26. The number of amides is 2. The zero-order chi connectivity index (χ0) is 20.0. The molecule has 0 bridgehead atoms. The lowest BCUT2D eigenvalue weighted by atomic mass is 10.1. The highest BCUT2D eigenvalue weighted by molar-refractivity contribution is 6.35. The van der Waals surface area contributed by atoms with Crippen LogP contribution in [0.2, 0.25) is 5.02 Å². The summed E-state index contributed by atoms with van der Waals surface area (Å²) in [7, 11) is 0. The number of nitrogens with one attached hydrogen (secondary N) is 2. The number of rotatable bonds is 2. The van der Waals surface area contributed by atoms with Gasteiger partial charge in [-0.1, -0.05) is 41.9 Å². The van der Waals surface area contributed by atoms with Crippen LogP contribution in [0.25, 0.3) is 22.2 Å². The molecule has 1 aliphatic rings. The summed E-state index contributed by atoms with van der Waals surface area (Å²) in [6.07, 6.45) is -0.300. The van der Waals surface area contributed by atoms with Crippen molar-refractivity contribution in [3.05, 3.63) is 59.6 Å². The molecular formula is C20H13ClN6O2. The number of nitrogens with zero attached hydrogens (tertiary/aromatic N) is 4. The number of hydrogen-bond donors (Lipinski definition) is 2. The molecule has 0 saturated heterocycles. The number of halogens is 1. The van der Waals surface area contributed by atoms with Gasteiger partial charge in [0.25, 0.3) is 0 Å². The van der Waals surface area contributed by atoms with E-state index in [2.05, 4.69) is 25.9 Å². The van der Waals surface area contributed by atoms with Gasteiger partial charge in [0.15, 0.2) is 0 Å². The van der Waals surface area contributed by atoms with Crippen molar-refractivity contribution in [1.82, 2.24) is 20.6 Å². The number of hydrogen-bond acceptors (Lipinski definition) is 5. The van der Waals surface area contributed by atoms with E-state index in [0.717, 1.165) is 10.8 Å². The van der Waals surface area contributed by atoms with Crippen LogP contribution >= 0.6 is 11.6 Å². The van der Waals surface area contributed by atoms with Crippen LogP contribution < -0.4 is 10.2 Å². The van der Waals surface area contributed by atoms with Crippen molar-refractivity contribution in [2.24, 2.45) is 0 Å².